The summed E-state index contributed by atoms with van der Waals surface area (Å²) in [5.74, 6) is -0.133. The number of aromatic amines is 1. The minimum absolute atomic E-state index is 0.0696. The maximum Gasteiger partial charge on any atom is 0.329 e. The molecule has 152 valence electrons. The van der Waals surface area contributed by atoms with Crippen molar-refractivity contribution in [3.63, 3.8) is 0 Å². The molecule has 5 rings (SSSR count). The van der Waals surface area contributed by atoms with E-state index >= 15 is 4.39 Å². The number of aliphatic hydroxyl groups is 1. The zero-order chi connectivity index (χ0) is 20.4. The topological polar surface area (TPSA) is 75.1 Å². The summed E-state index contributed by atoms with van der Waals surface area (Å²) in [5, 5.41) is 9.78. The van der Waals surface area contributed by atoms with Gasteiger partial charge >= 0.3 is 5.69 Å². The molecule has 2 aromatic heterocycles. The summed E-state index contributed by atoms with van der Waals surface area (Å²) in [6.45, 7) is 3.60. The van der Waals surface area contributed by atoms with Crippen LogP contribution in [0.3, 0.4) is 0 Å². The molecule has 2 aliphatic rings. The number of nitrogens with one attached hydrogen (secondary N) is 1. The van der Waals surface area contributed by atoms with E-state index in [4.69, 9.17) is 0 Å². The van der Waals surface area contributed by atoms with Crippen molar-refractivity contribution in [3.8, 4) is 10.4 Å². The lowest BCUT2D eigenvalue weighted by molar-refractivity contribution is 0.214. The van der Waals surface area contributed by atoms with Crippen molar-refractivity contribution in [2.45, 2.75) is 52.0 Å². The second-order valence-corrected chi connectivity index (χ2v) is 9.51. The van der Waals surface area contributed by atoms with Gasteiger partial charge in [-0.2, -0.15) is 0 Å². The summed E-state index contributed by atoms with van der Waals surface area (Å²) in [4.78, 5) is 29.5. The SMILES string of the molecule is Cc1c(F)c(-c2cc3c(s2)CCC(CO)C3)c(C)c2c1c(=O)[nH]c(=O)n2C1CC1. The number of hydrogen-bond donors (Lipinski definition) is 2. The second-order valence-electron chi connectivity index (χ2n) is 8.37. The third kappa shape index (κ3) is 2.82. The minimum atomic E-state index is -0.524. The summed E-state index contributed by atoms with van der Waals surface area (Å²) < 4.78 is 17.2. The van der Waals surface area contributed by atoms with Crippen LogP contribution in [0.4, 0.5) is 4.39 Å². The van der Waals surface area contributed by atoms with Crippen LogP contribution in [0.5, 0.6) is 0 Å². The van der Waals surface area contributed by atoms with Crippen LogP contribution in [0.2, 0.25) is 0 Å². The van der Waals surface area contributed by atoms with E-state index in [2.05, 4.69) is 4.98 Å². The zero-order valence-electron chi connectivity index (χ0n) is 16.5. The highest BCUT2D eigenvalue weighted by molar-refractivity contribution is 7.15. The molecule has 1 unspecified atom stereocenters. The minimum Gasteiger partial charge on any atom is -0.396 e. The first kappa shape index (κ1) is 18.8. The number of aliphatic hydroxyl groups excluding tert-OH is 1. The summed E-state index contributed by atoms with van der Waals surface area (Å²) in [6.07, 6.45) is 4.43. The molecule has 0 saturated heterocycles. The zero-order valence-corrected chi connectivity index (χ0v) is 17.3. The molecule has 1 saturated carbocycles. The predicted molar refractivity (Wildman–Crippen MR) is 112 cm³/mol. The number of H-pyrrole nitrogens is 1. The maximum atomic E-state index is 15.5. The number of hydrogen-bond acceptors (Lipinski definition) is 4. The van der Waals surface area contributed by atoms with Gasteiger partial charge in [-0.25, -0.2) is 9.18 Å². The van der Waals surface area contributed by atoms with Crippen molar-refractivity contribution in [1.82, 2.24) is 9.55 Å². The lowest BCUT2D eigenvalue weighted by Gasteiger charge is -2.19. The Morgan fingerprint density at radius 3 is 2.69 bits per heavy atom. The van der Waals surface area contributed by atoms with E-state index in [1.807, 2.05) is 13.0 Å². The molecule has 0 bridgehead atoms. The normalized spacial score (nSPS) is 19.0. The summed E-state index contributed by atoms with van der Waals surface area (Å²) in [7, 11) is 0. The molecule has 3 aromatic rings. The Labute approximate surface area is 170 Å². The maximum absolute atomic E-state index is 15.5. The molecule has 29 heavy (non-hydrogen) atoms. The van der Waals surface area contributed by atoms with E-state index < -0.39 is 11.2 Å². The van der Waals surface area contributed by atoms with Gasteiger partial charge in [0.25, 0.3) is 5.56 Å². The summed E-state index contributed by atoms with van der Waals surface area (Å²) in [6, 6.07) is 2.10. The fourth-order valence-electron chi connectivity index (χ4n) is 4.70. The quantitative estimate of drug-likeness (QED) is 0.688. The molecule has 7 heteroatoms. The number of nitrogens with zero attached hydrogens (tertiary/aromatic N) is 1. The Morgan fingerprint density at radius 1 is 1.24 bits per heavy atom. The van der Waals surface area contributed by atoms with Crippen LogP contribution in [-0.4, -0.2) is 21.3 Å². The third-order valence-electron chi connectivity index (χ3n) is 6.40. The molecule has 5 nitrogen and oxygen atoms in total. The van der Waals surface area contributed by atoms with Crippen molar-refractivity contribution >= 4 is 22.2 Å². The molecule has 1 fully saturated rings. The Morgan fingerprint density at radius 2 is 2.00 bits per heavy atom. The highest BCUT2D eigenvalue weighted by atomic mass is 32.1. The van der Waals surface area contributed by atoms with Gasteiger partial charge in [0.2, 0.25) is 0 Å². The average Bonchev–Trinajstić information content (AvgIpc) is 3.43. The Balaban J connectivity index is 1.80. The van der Waals surface area contributed by atoms with E-state index in [-0.39, 0.29) is 35.3 Å². The number of aryl methyl sites for hydroxylation is 3. The lowest BCUT2D eigenvalue weighted by Crippen LogP contribution is -2.31. The van der Waals surface area contributed by atoms with Crippen molar-refractivity contribution in [2.75, 3.05) is 6.61 Å². The first-order valence-electron chi connectivity index (χ1n) is 10.1. The monoisotopic (exact) mass is 414 g/mol. The van der Waals surface area contributed by atoms with Gasteiger partial charge in [-0.15, -0.1) is 11.3 Å². The van der Waals surface area contributed by atoms with Gasteiger partial charge < -0.3 is 5.11 Å². The molecule has 2 heterocycles. The van der Waals surface area contributed by atoms with Gasteiger partial charge in [0, 0.05) is 33.5 Å². The van der Waals surface area contributed by atoms with Crippen LogP contribution in [0.25, 0.3) is 21.3 Å². The number of halogens is 1. The molecular formula is C22H23FN2O3S. The molecule has 0 amide bonds. The van der Waals surface area contributed by atoms with Crippen LogP contribution in [-0.2, 0) is 12.8 Å². The van der Waals surface area contributed by atoms with E-state index in [1.54, 1.807) is 22.8 Å². The van der Waals surface area contributed by atoms with Crippen molar-refractivity contribution in [2.24, 2.45) is 5.92 Å². The summed E-state index contributed by atoms with van der Waals surface area (Å²) >= 11 is 1.59. The predicted octanol–water partition coefficient (Wildman–Crippen LogP) is 3.61. The van der Waals surface area contributed by atoms with Gasteiger partial charge in [0.15, 0.2) is 0 Å². The largest absolute Gasteiger partial charge is 0.396 e. The van der Waals surface area contributed by atoms with Crippen molar-refractivity contribution in [1.29, 1.82) is 0 Å². The van der Waals surface area contributed by atoms with Crippen LogP contribution < -0.4 is 11.2 Å². The van der Waals surface area contributed by atoms with Gasteiger partial charge in [-0.05, 0) is 69.1 Å². The van der Waals surface area contributed by atoms with E-state index in [0.29, 0.717) is 16.6 Å². The van der Waals surface area contributed by atoms with Crippen LogP contribution in [0.15, 0.2) is 15.7 Å². The lowest BCUT2D eigenvalue weighted by atomic mass is 9.88. The van der Waals surface area contributed by atoms with E-state index in [0.717, 1.165) is 37.0 Å². The first-order valence-corrected chi connectivity index (χ1v) is 10.9. The van der Waals surface area contributed by atoms with Crippen molar-refractivity contribution < 1.29 is 9.50 Å². The number of rotatable bonds is 3. The number of fused-ring (bicyclic) bond motifs is 2. The third-order valence-corrected chi connectivity index (χ3v) is 7.65. The smallest absolute Gasteiger partial charge is 0.329 e. The van der Waals surface area contributed by atoms with Gasteiger partial charge in [-0.1, -0.05) is 0 Å². The fraction of sp³-hybridized carbons (Fsp3) is 0.455. The molecule has 2 N–H and O–H groups in total. The average molecular weight is 415 g/mol. The van der Waals surface area contributed by atoms with Crippen LogP contribution in [0, 0.1) is 25.6 Å². The highest BCUT2D eigenvalue weighted by Gasteiger charge is 2.31. The highest BCUT2D eigenvalue weighted by Crippen LogP contribution is 2.43. The van der Waals surface area contributed by atoms with E-state index in [1.165, 1.54) is 10.4 Å². The number of thiophene rings is 1. The molecule has 1 aromatic carbocycles. The summed E-state index contributed by atoms with van der Waals surface area (Å²) in [5.41, 5.74) is 2.23. The van der Waals surface area contributed by atoms with E-state index in [9.17, 15) is 14.7 Å². The van der Waals surface area contributed by atoms with Crippen LogP contribution >= 0.6 is 11.3 Å². The first-order chi connectivity index (χ1) is 13.9. The number of aromatic nitrogens is 2. The van der Waals surface area contributed by atoms with Crippen molar-refractivity contribution in [3.05, 3.63) is 54.3 Å². The molecule has 0 aliphatic heterocycles. The molecule has 0 spiro atoms. The van der Waals surface area contributed by atoms with Gasteiger partial charge in [-0.3, -0.25) is 14.3 Å². The molecular weight excluding hydrogens is 391 g/mol. The Kier molecular flexibility index (Phi) is 4.29. The van der Waals surface area contributed by atoms with Crippen LogP contribution in [0.1, 0.15) is 46.9 Å². The van der Waals surface area contributed by atoms with Gasteiger partial charge in [0.1, 0.15) is 5.82 Å². The fourth-order valence-corrected chi connectivity index (χ4v) is 6.00. The molecule has 2 aliphatic carbocycles. The number of benzene rings is 1. The molecule has 0 radical (unpaired) electrons. The Bertz CT molecular complexity index is 1270. The molecule has 1 atom stereocenters. The Hall–Kier alpha value is -2.25. The standard InChI is InChI=1S/C22H23FN2O3S/c1-10-18-20(25(14-4-5-14)22(28)24-21(18)27)11(2)17(19(10)23)16-8-13-7-12(9-26)3-6-15(13)29-16/h8,12,14,26H,3-7,9H2,1-2H3,(H,24,27,28). The van der Waals surface area contributed by atoms with Gasteiger partial charge in [0.05, 0.1) is 10.9 Å². The second kappa shape index (κ2) is 6.64.